The maximum atomic E-state index is 6.13. The highest BCUT2D eigenvalue weighted by Gasteiger charge is 2.18. The van der Waals surface area contributed by atoms with Gasteiger partial charge in [-0.3, -0.25) is 0 Å². The van der Waals surface area contributed by atoms with Crippen molar-refractivity contribution >= 4 is 62.1 Å². The number of thiophene rings is 1. The average Bonchev–Trinajstić information content (AvgIpc) is 2.58. The van der Waals surface area contributed by atoms with E-state index in [2.05, 4.69) is 15.9 Å². The Hall–Kier alpha value is 0.270. The first kappa shape index (κ1) is 12.7. The van der Waals surface area contributed by atoms with Crippen LogP contribution in [-0.2, 0) is 0 Å². The molecular formula is C11H6BrCl3S. The normalized spacial score (nSPS) is 12.8. The Balaban J connectivity index is 2.43. The molecule has 2 rings (SSSR count). The largest absolute Gasteiger partial charge is 0.111 e. The van der Waals surface area contributed by atoms with E-state index >= 15 is 0 Å². The first-order valence-electron chi connectivity index (χ1n) is 4.43. The molecule has 5 heteroatoms. The molecule has 1 atom stereocenters. The number of rotatable bonds is 2. The highest BCUT2D eigenvalue weighted by Crippen LogP contribution is 2.43. The molecule has 84 valence electrons. The van der Waals surface area contributed by atoms with Crippen LogP contribution in [0.4, 0.5) is 0 Å². The predicted octanol–water partition coefficient (Wildman–Crippen LogP) is 6.19. The molecule has 0 aliphatic carbocycles. The van der Waals surface area contributed by atoms with Gasteiger partial charge in [-0.2, -0.15) is 0 Å². The van der Waals surface area contributed by atoms with E-state index in [0.717, 1.165) is 11.1 Å². The highest BCUT2D eigenvalue weighted by atomic mass is 79.9. The molecule has 0 nitrogen and oxygen atoms in total. The SMILES string of the molecule is Clc1cc(C(Br)c2ccccc2Cl)c(Cl)s1. The van der Waals surface area contributed by atoms with Crippen molar-refractivity contribution < 1.29 is 0 Å². The Kier molecular flexibility index (Phi) is 4.20. The van der Waals surface area contributed by atoms with Crippen LogP contribution in [0.5, 0.6) is 0 Å². The van der Waals surface area contributed by atoms with Gasteiger partial charge in [-0.25, -0.2) is 0 Å². The van der Waals surface area contributed by atoms with Gasteiger partial charge in [0.1, 0.15) is 0 Å². The van der Waals surface area contributed by atoms with Gasteiger partial charge in [0, 0.05) is 10.6 Å². The van der Waals surface area contributed by atoms with Gasteiger partial charge in [0.05, 0.1) is 13.5 Å². The lowest BCUT2D eigenvalue weighted by molar-refractivity contribution is 1.19. The minimum Gasteiger partial charge on any atom is -0.111 e. The summed E-state index contributed by atoms with van der Waals surface area (Å²) < 4.78 is 1.36. The fourth-order valence-electron chi connectivity index (χ4n) is 1.37. The zero-order valence-electron chi connectivity index (χ0n) is 7.88. The van der Waals surface area contributed by atoms with Crippen LogP contribution in [0.1, 0.15) is 16.0 Å². The van der Waals surface area contributed by atoms with Crippen LogP contribution in [0, 0.1) is 0 Å². The summed E-state index contributed by atoms with van der Waals surface area (Å²) in [5.41, 5.74) is 1.94. The molecule has 0 fully saturated rings. The zero-order chi connectivity index (χ0) is 11.7. The maximum Gasteiger partial charge on any atom is 0.0990 e. The van der Waals surface area contributed by atoms with E-state index in [1.165, 1.54) is 11.3 Å². The minimum atomic E-state index is -0.0301. The third-order valence-corrected chi connectivity index (χ3v) is 4.98. The molecule has 0 aliphatic rings. The molecule has 0 saturated heterocycles. The molecule has 1 aromatic heterocycles. The van der Waals surface area contributed by atoms with Gasteiger partial charge in [0.15, 0.2) is 0 Å². The standard InChI is InChI=1S/C11H6BrCl3S/c12-10(6-3-1-2-4-8(6)13)7-5-9(14)16-11(7)15/h1-5,10H. The van der Waals surface area contributed by atoms with E-state index in [1.807, 2.05) is 30.3 Å². The fourth-order valence-corrected chi connectivity index (χ4v) is 4.33. The Labute approximate surface area is 121 Å². The van der Waals surface area contributed by atoms with Gasteiger partial charge in [0.2, 0.25) is 0 Å². The molecule has 0 N–H and O–H groups in total. The smallest absolute Gasteiger partial charge is 0.0990 e. The second-order valence-electron chi connectivity index (χ2n) is 3.16. The molecule has 0 saturated carbocycles. The van der Waals surface area contributed by atoms with Crippen LogP contribution in [0.15, 0.2) is 30.3 Å². The van der Waals surface area contributed by atoms with E-state index in [9.17, 15) is 0 Å². The van der Waals surface area contributed by atoms with Crippen molar-refractivity contribution in [2.75, 3.05) is 0 Å². The molecular weight excluding hydrogens is 350 g/mol. The van der Waals surface area contributed by atoms with E-state index in [0.29, 0.717) is 13.7 Å². The fraction of sp³-hybridized carbons (Fsp3) is 0.0909. The van der Waals surface area contributed by atoms with Gasteiger partial charge in [-0.1, -0.05) is 68.9 Å². The summed E-state index contributed by atoms with van der Waals surface area (Å²) in [6, 6.07) is 9.51. The maximum absolute atomic E-state index is 6.13. The third kappa shape index (κ3) is 2.57. The summed E-state index contributed by atoms with van der Waals surface area (Å²) in [7, 11) is 0. The molecule has 0 aliphatic heterocycles. The summed E-state index contributed by atoms with van der Waals surface area (Å²) >= 11 is 23.1. The van der Waals surface area contributed by atoms with E-state index < -0.39 is 0 Å². The summed E-state index contributed by atoms with van der Waals surface area (Å²) in [5, 5.41) is 0.711. The first-order valence-corrected chi connectivity index (χ1v) is 7.29. The van der Waals surface area contributed by atoms with Gasteiger partial charge < -0.3 is 0 Å². The van der Waals surface area contributed by atoms with Crippen molar-refractivity contribution in [1.82, 2.24) is 0 Å². The number of hydrogen-bond acceptors (Lipinski definition) is 1. The molecule has 0 spiro atoms. The van der Waals surface area contributed by atoms with Crippen molar-refractivity contribution in [3.05, 3.63) is 55.2 Å². The monoisotopic (exact) mass is 354 g/mol. The average molecular weight is 356 g/mol. The summed E-state index contributed by atoms with van der Waals surface area (Å²) in [6.07, 6.45) is 0. The Morgan fingerprint density at radius 3 is 2.31 bits per heavy atom. The van der Waals surface area contributed by atoms with Crippen molar-refractivity contribution in [2.45, 2.75) is 4.83 Å². The van der Waals surface area contributed by atoms with Crippen molar-refractivity contribution in [3.8, 4) is 0 Å². The molecule has 2 aromatic rings. The number of alkyl halides is 1. The first-order chi connectivity index (χ1) is 7.59. The number of halogens is 4. The predicted molar refractivity (Wildman–Crippen MR) is 76.6 cm³/mol. The molecule has 1 aromatic carbocycles. The van der Waals surface area contributed by atoms with Crippen LogP contribution >= 0.6 is 62.1 Å². The van der Waals surface area contributed by atoms with Gasteiger partial charge in [0.25, 0.3) is 0 Å². The van der Waals surface area contributed by atoms with Gasteiger partial charge in [-0.15, -0.1) is 11.3 Å². The minimum absolute atomic E-state index is 0.0301. The molecule has 1 heterocycles. The van der Waals surface area contributed by atoms with E-state index in [4.69, 9.17) is 34.8 Å². The zero-order valence-corrected chi connectivity index (χ0v) is 12.6. The summed E-state index contributed by atoms with van der Waals surface area (Å²) in [5.74, 6) is 0. The van der Waals surface area contributed by atoms with Crippen LogP contribution in [0.25, 0.3) is 0 Å². The molecule has 0 amide bonds. The Morgan fingerprint density at radius 1 is 1.06 bits per heavy atom. The summed E-state index contributed by atoms with van der Waals surface area (Å²) in [4.78, 5) is -0.0301. The van der Waals surface area contributed by atoms with Crippen LogP contribution < -0.4 is 0 Å². The molecule has 0 bridgehead atoms. The van der Waals surface area contributed by atoms with Crippen molar-refractivity contribution in [2.24, 2.45) is 0 Å². The lowest BCUT2D eigenvalue weighted by Crippen LogP contribution is -1.92. The Morgan fingerprint density at radius 2 is 1.75 bits per heavy atom. The van der Waals surface area contributed by atoms with Gasteiger partial charge in [-0.05, 0) is 17.7 Å². The van der Waals surface area contributed by atoms with Crippen LogP contribution in [0.3, 0.4) is 0 Å². The van der Waals surface area contributed by atoms with Crippen LogP contribution in [-0.4, -0.2) is 0 Å². The highest BCUT2D eigenvalue weighted by molar-refractivity contribution is 9.09. The van der Waals surface area contributed by atoms with Crippen LogP contribution in [0.2, 0.25) is 13.7 Å². The quantitative estimate of drug-likeness (QED) is 0.563. The van der Waals surface area contributed by atoms with E-state index in [-0.39, 0.29) is 4.83 Å². The lowest BCUT2D eigenvalue weighted by Gasteiger charge is -2.10. The molecule has 0 radical (unpaired) electrons. The molecule has 16 heavy (non-hydrogen) atoms. The Bertz CT molecular complexity index is 510. The molecule has 1 unspecified atom stereocenters. The van der Waals surface area contributed by atoms with Crippen molar-refractivity contribution in [1.29, 1.82) is 0 Å². The van der Waals surface area contributed by atoms with Crippen molar-refractivity contribution in [3.63, 3.8) is 0 Å². The topological polar surface area (TPSA) is 0 Å². The summed E-state index contributed by atoms with van der Waals surface area (Å²) in [6.45, 7) is 0. The second kappa shape index (κ2) is 5.28. The second-order valence-corrected chi connectivity index (χ2v) is 6.77. The lowest BCUT2D eigenvalue weighted by atomic mass is 10.1. The van der Waals surface area contributed by atoms with Gasteiger partial charge >= 0.3 is 0 Å². The number of benzene rings is 1. The number of hydrogen-bond donors (Lipinski definition) is 0. The van der Waals surface area contributed by atoms with E-state index in [1.54, 1.807) is 0 Å². The third-order valence-electron chi connectivity index (χ3n) is 2.13.